The number of unbranched alkanes of at least 4 members (excludes halogenated alkanes) is 1. The van der Waals surface area contributed by atoms with E-state index in [-0.39, 0.29) is 11.4 Å². The number of phenolic OH excluding ortho intramolecular Hbond substituents is 1. The highest BCUT2D eigenvalue weighted by Crippen LogP contribution is 2.21. The summed E-state index contributed by atoms with van der Waals surface area (Å²) in [7, 11) is 0. The van der Waals surface area contributed by atoms with Crippen LogP contribution in [0.25, 0.3) is 0 Å². The molecule has 0 amide bonds. The minimum atomic E-state index is -0.498. The number of non-ortho nitro benzene ring substituents is 1. The number of nitro groups is 1. The average Bonchev–Trinajstić information content (AvgIpc) is 2.97. The molecule has 1 N–H and O–H groups in total. The monoisotopic (exact) mass is 288 g/mol. The topological polar surface area (TPSA) is 93.5 Å². The quantitative estimate of drug-likeness (QED) is 0.366. The minimum Gasteiger partial charge on any atom is -0.507 e. The summed E-state index contributed by atoms with van der Waals surface area (Å²) < 4.78 is 2.00. The number of benzene rings is 1. The summed E-state index contributed by atoms with van der Waals surface area (Å²) in [5.41, 5.74) is 0.299. The van der Waals surface area contributed by atoms with Crippen LogP contribution in [0.15, 0.2) is 41.9 Å². The second kappa shape index (κ2) is 7.18. The number of aromatic hydroxyl groups is 1. The largest absolute Gasteiger partial charge is 0.507 e. The van der Waals surface area contributed by atoms with Gasteiger partial charge in [-0.05, 0) is 18.9 Å². The molecule has 0 spiro atoms. The van der Waals surface area contributed by atoms with Gasteiger partial charge in [-0.2, -0.15) is 0 Å². The summed E-state index contributed by atoms with van der Waals surface area (Å²) in [4.78, 5) is 18.3. The van der Waals surface area contributed by atoms with Gasteiger partial charge in [0.25, 0.3) is 5.69 Å². The fourth-order valence-corrected chi connectivity index (χ4v) is 1.84. The van der Waals surface area contributed by atoms with Crippen LogP contribution in [0.1, 0.15) is 18.4 Å². The molecule has 0 saturated carbocycles. The van der Waals surface area contributed by atoms with E-state index < -0.39 is 4.92 Å². The Bertz CT molecular complexity index is 623. The first kappa shape index (κ1) is 14.7. The molecule has 0 radical (unpaired) electrons. The number of aliphatic imine (C=N–C) groups is 1. The number of nitro benzene ring substituents is 1. The van der Waals surface area contributed by atoms with Crippen LogP contribution in [-0.4, -0.2) is 32.3 Å². The molecule has 0 aliphatic heterocycles. The van der Waals surface area contributed by atoms with Gasteiger partial charge >= 0.3 is 0 Å². The van der Waals surface area contributed by atoms with Gasteiger partial charge in [-0.3, -0.25) is 15.1 Å². The number of aryl methyl sites for hydroxylation is 1. The molecule has 0 fully saturated rings. The van der Waals surface area contributed by atoms with E-state index in [0.717, 1.165) is 19.4 Å². The van der Waals surface area contributed by atoms with Crippen molar-refractivity contribution in [3.05, 3.63) is 52.6 Å². The third-order valence-corrected chi connectivity index (χ3v) is 2.97. The van der Waals surface area contributed by atoms with Crippen molar-refractivity contribution in [1.82, 2.24) is 9.55 Å². The second-order valence-corrected chi connectivity index (χ2v) is 4.54. The third kappa shape index (κ3) is 4.41. The van der Waals surface area contributed by atoms with Crippen molar-refractivity contribution in [3.8, 4) is 5.75 Å². The second-order valence-electron chi connectivity index (χ2n) is 4.54. The number of imidazole rings is 1. The molecule has 0 saturated heterocycles. The van der Waals surface area contributed by atoms with E-state index in [1.807, 2.05) is 10.8 Å². The van der Waals surface area contributed by atoms with Gasteiger partial charge in [0.2, 0.25) is 0 Å². The molecule has 0 aliphatic rings. The highest BCUT2D eigenvalue weighted by Gasteiger charge is 2.08. The van der Waals surface area contributed by atoms with Gasteiger partial charge in [0, 0.05) is 49.4 Å². The summed E-state index contributed by atoms with van der Waals surface area (Å²) in [6, 6.07) is 3.88. The van der Waals surface area contributed by atoms with Gasteiger partial charge in [-0.1, -0.05) is 0 Å². The van der Waals surface area contributed by atoms with E-state index in [2.05, 4.69) is 9.98 Å². The molecule has 2 aromatic rings. The summed E-state index contributed by atoms with van der Waals surface area (Å²) in [6.07, 6.45) is 8.75. The fourth-order valence-electron chi connectivity index (χ4n) is 1.84. The number of phenols is 1. The van der Waals surface area contributed by atoms with Crippen molar-refractivity contribution in [2.45, 2.75) is 19.4 Å². The number of hydrogen-bond acceptors (Lipinski definition) is 5. The van der Waals surface area contributed by atoms with E-state index in [9.17, 15) is 15.2 Å². The standard InChI is InChI=1S/C14H16N4O3/c19-14-4-3-13(18(20)21)9-12(14)10-15-5-1-2-7-17-8-6-16-11-17/h3-4,6,8-11,19H,1-2,5,7H2/b15-10+. The van der Waals surface area contributed by atoms with E-state index in [0.29, 0.717) is 12.1 Å². The molecule has 1 aromatic heterocycles. The Morgan fingerprint density at radius 2 is 2.29 bits per heavy atom. The van der Waals surface area contributed by atoms with Crippen LogP contribution >= 0.6 is 0 Å². The maximum Gasteiger partial charge on any atom is 0.270 e. The molecule has 7 heteroatoms. The summed E-state index contributed by atoms with van der Waals surface area (Å²) >= 11 is 0. The van der Waals surface area contributed by atoms with Crippen molar-refractivity contribution in [1.29, 1.82) is 0 Å². The summed E-state index contributed by atoms with van der Waals surface area (Å²) in [5.74, 6) is -0.0113. The molecular formula is C14H16N4O3. The molecule has 0 aliphatic carbocycles. The van der Waals surface area contributed by atoms with Crippen LogP contribution < -0.4 is 0 Å². The highest BCUT2D eigenvalue weighted by atomic mass is 16.6. The lowest BCUT2D eigenvalue weighted by Crippen LogP contribution is -1.95. The first-order valence-electron chi connectivity index (χ1n) is 6.60. The third-order valence-electron chi connectivity index (χ3n) is 2.97. The normalized spacial score (nSPS) is 11.0. The lowest BCUT2D eigenvalue weighted by atomic mass is 10.2. The van der Waals surface area contributed by atoms with Gasteiger partial charge in [0.1, 0.15) is 5.75 Å². The average molecular weight is 288 g/mol. The van der Waals surface area contributed by atoms with E-state index in [1.165, 1.54) is 24.4 Å². The predicted molar refractivity (Wildman–Crippen MR) is 78.7 cm³/mol. The van der Waals surface area contributed by atoms with Crippen LogP contribution in [-0.2, 0) is 6.54 Å². The highest BCUT2D eigenvalue weighted by molar-refractivity contribution is 5.84. The SMILES string of the molecule is O=[N+]([O-])c1ccc(O)c(/C=N/CCCCn2ccnc2)c1. The van der Waals surface area contributed by atoms with E-state index in [1.54, 1.807) is 12.5 Å². The first-order chi connectivity index (χ1) is 10.2. The van der Waals surface area contributed by atoms with Crippen LogP contribution in [0.5, 0.6) is 5.75 Å². The first-order valence-corrected chi connectivity index (χ1v) is 6.60. The molecule has 0 atom stereocenters. The Hall–Kier alpha value is -2.70. The molecule has 2 rings (SSSR count). The van der Waals surface area contributed by atoms with Gasteiger partial charge < -0.3 is 9.67 Å². The smallest absolute Gasteiger partial charge is 0.270 e. The van der Waals surface area contributed by atoms with Crippen molar-refractivity contribution in [3.63, 3.8) is 0 Å². The number of rotatable bonds is 7. The van der Waals surface area contributed by atoms with E-state index >= 15 is 0 Å². The molecule has 21 heavy (non-hydrogen) atoms. The van der Waals surface area contributed by atoms with Crippen molar-refractivity contribution >= 4 is 11.9 Å². The molecule has 0 unspecified atom stereocenters. The molecular weight excluding hydrogens is 272 g/mol. The van der Waals surface area contributed by atoms with Crippen molar-refractivity contribution in [2.24, 2.45) is 4.99 Å². The Morgan fingerprint density at radius 3 is 3.00 bits per heavy atom. The number of nitrogens with zero attached hydrogens (tertiary/aromatic N) is 4. The number of hydrogen-bond donors (Lipinski definition) is 1. The van der Waals surface area contributed by atoms with E-state index in [4.69, 9.17) is 0 Å². The predicted octanol–water partition coefficient (Wildman–Crippen LogP) is 2.40. The summed E-state index contributed by atoms with van der Waals surface area (Å²) in [6.45, 7) is 1.49. The zero-order valence-corrected chi connectivity index (χ0v) is 11.4. The maximum atomic E-state index is 10.7. The molecule has 0 bridgehead atoms. The van der Waals surface area contributed by atoms with Crippen LogP contribution in [0.2, 0.25) is 0 Å². The molecule has 7 nitrogen and oxygen atoms in total. The number of aromatic nitrogens is 2. The zero-order valence-electron chi connectivity index (χ0n) is 11.4. The van der Waals surface area contributed by atoms with Gasteiger partial charge in [0.05, 0.1) is 11.3 Å². The zero-order chi connectivity index (χ0) is 15.1. The lowest BCUT2D eigenvalue weighted by molar-refractivity contribution is -0.384. The lowest BCUT2D eigenvalue weighted by Gasteiger charge is -2.00. The van der Waals surface area contributed by atoms with Crippen molar-refractivity contribution in [2.75, 3.05) is 6.54 Å². The molecule has 110 valence electrons. The Balaban J connectivity index is 1.81. The molecule has 1 heterocycles. The minimum absolute atomic E-state index is 0.0113. The fraction of sp³-hybridized carbons (Fsp3) is 0.286. The van der Waals surface area contributed by atoms with Gasteiger partial charge in [0.15, 0.2) is 0 Å². The van der Waals surface area contributed by atoms with Crippen molar-refractivity contribution < 1.29 is 10.0 Å². The Labute approximate surface area is 121 Å². The van der Waals surface area contributed by atoms with Gasteiger partial charge in [-0.15, -0.1) is 0 Å². The van der Waals surface area contributed by atoms with Crippen LogP contribution in [0, 0.1) is 10.1 Å². The van der Waals surface area contributed by atoms with Crippen LogP contribution in [0.3, 0.4) is 0 Å². The maximum absolute atomic E-state index is 10.7. The Morgan fingerprint density at radius 1 is 1.43 bits per heavy atom. The van der Waals surface area contributed by atoms with Crippen LogP contribution in [0.4, 0.5) is 5.69 Å². The molecule has 1 aromatic carbocycles. The van der Waals surface area contributed by atoms with Gasteiger partial charge in [-0.25, -0.2) is 4.98 Å². The summed E-state index contributed by atoms with van der Waals surface area (Å²) in [5, 5.41) is 20.3. The Kier molecular flexibility index (Phi) is 5.03.